The van der Waals surface area contributed by atoms with Crippen molar-refractivity contribution in [2.75, 3.05) is 26.2 Å². The summed E-state index contributed by atoms with van der Waals surface area (Å²) in [4.78, 5) is 13.0. The first-order chi connectivity index (χ1) is 6.09. The highest BCUT2D eigenvalue weighted by Gasteiger charge is 2.20. The Bertz CT molecular complexity index is 184. The Morgan fingerprint density at radius 2 is 2.46 bits per heavy atom. The second kappa shape index (κ2) is 4.58. The van der Waals surface area contributed by atoms with Gasteiger partial charge in [-0.1, -0.05) is 6.92 Å². The summed E-state index contributed by atoms with van der Waals surface area (Å²) in [5.41, 5.74) is 5.19. The molecule has 0 aromatic carbocycles. The first kappa shape index (κ1) is 10.5. The Morgan fingerprint density at radius 1 is 1.77 bits per heavy atom. The van der Waals surface area contributed by atoms with E-state index in [1.165, 1.54) is 0 Å². The number of amides is 1. The molecule has 13 heavy (non-hydrogen) atoms. The third-order valence-electron chi connectivity index (χ3n) is 2.34. The molecule has 2 unspecified atom stereocenters. The van der Waals surface area contributed by atoms with E-state index >= 15 is 0 Å². The van der Waals surface area contributed by atoms with Crippen LogP contribution in [0.3, 0.4) is 0 Å². The first-order valence-electron chi connectivity index (χ1n) is 4.73. The zero-order chi connectivity index (χ0) is 9.84. The topological polar surface area (TPSA) is 55.6 Å². The molecular weight excluding hydrogens is 168 g/mol. The molecule has 1 amide bonds. The van der Waals surface area contributed by atoms with E-state index in [-0.39, 0.29) is 17.9 Å². The van der Waals surface area contributed by atoms with E-state index in [4.69, 9.17) is 10.5 Å². The predicted octanol–water partition coefficient (Wildman–Crippen LogP) is -0.171. The summed E-state index contributed by atoms with van der Waals surface area (Å²) < 4.78 is 5.39. The largest absolute Gasteiger partial charge is 0.376 e. The average Bonchev–Trinajstić information content (AvgIpc) is 2.04. The van der Waals surface area contributed by atoms with Crippen LogP contribution in [0.15, 0.2) is 0 Å². The minimum atomic E-state index is -0.223. The fourth-order valence-electron chi connectivity index (χ4n) is 1.53. The summed E-state index contributed by atoms with van der Waals surface area (Å²) in [6.45, 7) is 7.22. The monoisotopic (exact) mass is 186 g/mol. The lowest BCUT2D eigenvalue weighted by Gasteiger charge is -2.32. The fourth-order valence-corrected chi connectivity index (χ4v) is 1.53. The minimum absolute atomic E-state index is 0.0645. The van der Waals surface area contributed by atoms with Crippen LogP contribution in [-0.2, 0) is 9.53 Å². The third kappa shape index (κ3) is 3.32. The SMILES string of the molecule is CC1CN(CC(C)C(N)=O)CCO1. The van der Waals surface area contributed by atoms with Crippen LogP contribution in [0.4, 0.5) is 0 Å². The van der Waals surface area contributed by atoms with Gasteiger partial charge >= 0.3 is 0 Å². The molecule has 0 aromatic heterocycles. The van der Waals surface area contributed by atoms with E-state index in [1.807, 2.05) is 13.8 Å². The van der Waals surface area contributed by atoms with Crippen LogP contribution in [-0.4, -0.2) is 43.2 Å². The van der Waals surface area contributed by atoms with Crippen molar-refractivity contribution in [3.05, 3.63) is 0 Å². The minimum Gasteiger partial charge on any atom is -0.376 e. The molecule has 2 N–H and O–H groups in total. The van der Waals surface area contributed by atoms with E-state index in [0.29, 0.717) is 0 Å². The molecule has 1 rings (SSSR count). The predicted molar refractivity (Wildman–Crippen MR) is 50.2 cm³/mol. The van der Waals surface area contributed by atoms with Crippen LogP contribution >= 0.6 is 0 Å². The maximum atomic E-state index is 10.8. The van der Waals surface area contributed by atoms with Crippen molar-refractivity contribution in [1.29, 1.82) is 0 Å². The molecule has 4 heteroatoms. The summed E-state index contributed by atoms with van der Waals surface area (Å²) in [7, 11) is 0. The van der Waals surface area contributed by atoms with Crippen LogP contribution in [0.1, 0.15) is 13.8 Å². The molecule has 4 nitrogen and oxygen atoms in total. The van der Waals surface area contributed by atoms with E-state index in [1.54, 1.807) is 0 Å². The van der Waals surface area contributed by atoms with E-state index in [0.717, 1.165) is 26.2 Å². The van der Waals surface area contributed by atoms with Crippen LogP contribution in [0.2, 0.25) is 0 Å². The number of hydrogen-bond donors (Lipinski definition) is 1. The number of rotatable bonds is 3. The van der Waals surface area contributed by atoms with Crippen molar-refractivity contribution < 1.29 is 9.53 Å². The molecule has 0 radical (unpaired) electrons. The van der Waals surface area contributed by atoms with Gasteiger partial charge in [-0.3, -0.25) is 9.69 Å². The molecule has 0 aromatic rings. The summed E-state index contributed by atoms with van der Waals surface area (Å²) in [5, 5.41) is 0. The zero-order valence-corrected chi connectivity index (χ0v) is 8.32. The fraction of sp³-hybridized carbons (Fsp3) is 0.889. The van der Waals surface area contributed by atoms with E-state index in [9.17, 15) is 4.79 Å². The van der Waals surface area contributed by atoms with Gasteiger partial charge < -0.3 is 10.5 Å². The van der Waals surface area contributed by atoms with Crippen molar-refractivity contribution in [2.24, 2.45) is 11.7 Å². The molecule has 2 atom stereocenters. The molecule has 0 aliphatic carbocycles. The smallest absolute Gasteiger partial charge is 0.221 e. The van der Waals surface area contributed by atoms with Crippen molar-refractivity contribution in [1.82, 2.24) is 4.90 Å². The van der Waals surface area contributed by atoms with Gasteiger partial charge in [0.15, 0.2) is 0 Å². The van der Waals surface area contributed by atoms with Gasteiger partial charge in [-0.05, 0) is 6.92 Å². The third-order valence-corrected chi connectivity index (χ3v) is 2.34. The Hall–Kier alpha value is -0.610. The number of carbonyl (C=O) groups excluding carboxylic acids is 1. The van der Waals surface area contributed by atoms with Crippen LogP contribution < -0.4 is 5.73 Å². The number of nitrogens with zero attached hydrogens (tertiary/aromatic N) is 1. The number of hydrogen-bond acceptors (Lipinski definition) is 3. The molecule has 1 aliphatic heterocycles. The molecule has 1 aliphatic rings. The average molecular weight is 186 g/mol. The van der Waals surface area contributed by atoms with Crippen molar-refractivity contribution >= 4 is 5.91 Å². The number of nitrogens with two attached hydrogens (primary N) is 1. The molecule has 1 heterocycles. The van der Waals surface area contributed by atoms with Crippen LogP contribution in [0.5, 0.6) is 0 Å². The Kier molecular flexibility index (Phi) is 3.69. The lowest BCUT2D eigenvalue weighted by molar-refractivity contribution is -0.122. The summed E-state index contributed by atoms with van der Waals surface area (Å²) in [6, 6.07) is 0. The zero-order valence-electron chi connectivity index (χ0n) is 8.32. The Labute approximate surface area is 79.0 Å². The van der Waals surface area contributed by atoms with Gasteiger partial charge in [0.2, 0.25) is 5.91 Å². The Morgan fingerprint density at radius 3 is 3.00 bits per heavy atom. The molecule has 1 fully saturated rings. The lowest BCUT2D eigenvalue weighted by atomic mass is 10.1. The first-order valence-corrected chi connectivity index (χ1v) is 4.73. The lowest BCUT2D eigenvalue weighted by Crippen LogP contribution is -2.44. The summed E-state index contributed by atoms with van der Waals surface area (Å²) >= 11 is 0. The van der Waals surface area contributed by atoms with Gasteiger partial charge in [0.05, 0.1) is 12.7 Å². The summed E-state index contributed by atoms with van der Waals surface area (Å²) in [5.74, 6) is -0.288. The van der Waals surface area contributed by atoms with Crippen LogP contribution in [0, 0.1) is 5.92 Å². The van der Waals surface area contributed by atoms with Crippen molar-refractivity contribution in [2.45, 2.75) is 20.0 Å². The molecule has 1 saturated heterocycles. The highest BCUT2D eigenvalue weighted by Crippen LogP contribution is 2.07. The maximum Gasteiger partial charge on any atom is 0.221 e. The summed E-state index contributed by atoms with van der Waals surface area (Å²) in [6.07, 6.45) is 0.272. The van der Waals surface area contributed by atoms with Crippen molar-refractivity contribution in [3.8, 4) is 0 Å². The van der Waals surface area contributed by atoms with Gasteiger partial charge in [0, 0.05) is 25.6 Å². The molecule has 0 spiro atoms. The standard InChI is InChI=1S/C9H18N2O2/c1-7(9(10)12)5-11-3-4-13-8(2)6-11/h7-8H,3-6H2,1-2H3,(H2,10,12). The number of ether oxygens (including phenoxy) is 1. The number of primary amides is 1. The highest BCUT2D eigenvalue weighted by atomic mass is 16.5. The second-order valence-electron chi connectivity index (χ2n) is 3.74. The van der Waals surface area contributed by atoms with Gasteiger partial charge in [0.1, 0.15) is 0 Å². The quantitative estimate of drug-likeness (QED) is 0.665. The number of carbonyl (C=O) groups is 1. The van der Waals surface area contributed by atoms with Crippen molar-refractivity contribution in [3.63, 3.8) is 0 Å². The normalized spacial score (nSPS) is 27.1. The van der Waals surface area contributed by atoms with Gasteiger partial charge in [0.25, 0.3) is 0 Å². The molecule has 76 valence electrons. The number of morpholine rings is 1. The highest BCUT2D eigenvalue weighted by molar-refractivity contribution is 5.76. The molecule has 0 saturated carbocycles. The van der Waals surface area contributed by atoms with Gasteiger partial charge in [-0.2, -0.15) is 0 Å². The maximum absolute atomic E-state index is 10.8. The second-order valence-corrected chi connectivity index (χ2v) is 3.74. The molecule has 0 bridgehead atoms. The Balaban J connectivity index is 2.31. The van der Waals surface area contributed by atoms with Gasteiger partial charge in [-0.25, -0.2) is 0 Å². The van der Waals surface area contributed by atoms with Crippen LogP contribution in [0.25, 0.3) is 0 Å². The van der Waals surface area contributed by atoms with E-state index < -0.39 is 0 Å². The van der Waals surface area contributed by atoms with Gasteiger partial charge in [-0.15, -0.1) is 0 Å². The molecular formula is C9H18N2O2. The van der Waals surface area contributed by atoms with E-state index in [2.05, 4.69) is 4.90 Å².